The molecule has 0 aliphatic heterocycles. The van der Waals surface area contributed by atoms with Crippen LogP contribution in [0, 0.1) is 0 Å². The smallest absolute Gasteiger partial charge is 0.342 e. The largest absolute Gasteiger partial charge is 0.488 e. The molecule has 0 unspecified atom stereocenters. The number of ether oxygens (including phenoxy) is 2. The lowest BCUT2D eigenvalue weighted by Crippen LogP contribution is -2.08. The Hall–Kier alpha value is -3.59. The van der Waals surface area contributed by atoms with Gasteiger partial charge in [-0.05, 0) is 34.4 Å². The maximum Gasteiger partial charge on any atom is 0.342 e. The fraction of sp³-hybridized carbons (Fsp3) is 0.0800. The average molecular weight is 370 g/mol. The molecule has 0 saturated carbocycles. The van der Waals surface area contributed by atoms with Crippen LogP contribution in [0.4, 0.5) is 0 Å². The Morgan fingerprint density at radius 3 is 1.86 bits per heavy atom. The minimum absolute atomic E-state index is 0.202. The van der Waals surface area contributed by atoms with E-state index in [0.717, 1.165) is 22.3 Å². The third kappa shape index (κ3) is 4.98. The standard InChI is InChI=1S/C25H22O3/c1-3-19-9-13-21(14-10-19)17-27-24-8-6-5-7-23(24)25(26)28-18-22-15-11-20(4-2)12-16-22/h3-16H,1-2,17-18H2. The van der Waals surface area contributed by atoms with Gasteiger partial charge in [0.25, 0.3) is 0 Å². The van der Waals surface area contributed by atoms with Crippen molar-refractivity contribution in [3.05, 3.63) is 114 Å². The van der Waals surface area contributed by atoms with E-state index in [0.29, 0.717) is 17.9 Å². The molecule has 0 fully saturated rings. The third-order valence-corrected chi connectivity index (χ3v) is 4.30. The minimum Gasteiger partial charge on any atom is -0.488 e. The molecule has 3 heteroatoms. The van der Waals surface area contributed by atoms with Crippen molar-refractivity contribution in [3.63, 3.8) is 0 Å². The summed E-state index contributed by atoms with van der Waals surface area (Å²) in [5, 5.41) is 0. The quantitative estimate of drug-likeness (QED) is 0.463. The lowest BCUT2D eigenvalue weighted by atomic mass is 10.1. The molecule has 0 aliphatic carbocycles. The average Bonchev–Trinajstić information content (AvgIpc) is 2.77. The van der Waals surface area contributed by atoms with Gasteiger partial charge < -0.3 is 9.47 Å². The predicted molar refractivity (Wildman–Crippen MR) is 113 cm³/mol. The molecule has 0 aliphatic rings. The van der Waals surface area contributed by atoms with Gasteiger partial charge in [-0.15, -0.1) is 0 Å². The lowest BCUT2D eigenvalue weighted by molar-refractivity contribution is 0.0467. The topological polar surface area (TPSA) is 35.5 Å². The molecule has 3 aromatic rings. The molecular weight excluding hydrogens is 348 g/mol. The third-order valence-electron chi connectivity index (χ3n) is 4.30. The highest BCUT2D eigenvalue weighted by atomic mass is 16.5. The van der Waals surface area contributed by atoms with Crippen molar-refractivity contribution in [3.8, 4) is 5.75 Å². The van der Waals surface area contributed by atoms with Gasteiger partial charge in [0.2, 0.25) is 0 Å². The zero-order valence-electron chi connectivity index (χ0n) is 15.6. The molecule has 3 nitrogen and oxygen atoms in total. The summed E-state index contributed by atoms with van der Waals surface area (Å²) in [6, 6.07) is 22.7. The van der Waals surface area contributed by atoms with Crippen LogP contribution in [0.1, 0.15) is 32.6 Å². The van der Waals surface area contributed by atoms with Crippen molar-refractivity contribution in [1.82, 2.24) is 0 Å². The van der Waals surface area contributed by atoms with Gasteiger partial charge in [-0.25, -0.2) is 4.79 Å². The summed E-state index contributed by atoms with van der Waals surface area (Å²) in [4.78, 5) is 12.5. The van der Waals surface area contributed by atoms with E-state index in [-0.39, 0.29) is 6.61 Å². The second-order valence-electron chi connectivity index (χ2n) is 6.25. The summed E-state index contributed by atoms with van der Waals surface area (Å²) in [5.74, 6) is 0.0905. The molecule has 0 amide bonds. The Morgan fingerprint density at radius 1 is 0.750 bits per heavy atom. The summed E-state index contributed by atoms with van der Waals surface area (Å²) in [5.41, 5.74) is 4.41. The first-order valence-corrected chi connectivity index (χ1v) is 9.01. The molecule has 28 heavy (non-hydrogen) atoms. The molecule has 0 atom stereocenters. The molecule has 0 spiro atoms. The SMILES string of the molecule is C=Cc1ccc(COC(=O)c2ccccc2OCc2ccc(C=C)cc2)cc1. The zero-order chi connectivity index (χ0) is 19.8. The van der Waals surface area contributed by atoms with Gasteiger partial charge in [0.1, 0.15) is 24.5 Å². The van der Waals surface area contributed by atoms with E-state index in [1.165, 1.54) is 0 Å². The van der Waals surface area contributed by atoms with Gasteiger partial charge in [0.15, 0.2) is 0 Å². The molecule has 0 N–H and O–H groups in total. The molecule has 0 aromatic heterocycles. The Kier molecular flexibility index (Phi) is 6.42. The zero-order valence-corrected chi connectivity index (χ0v) is 15.6. The molecule has 0 saturated heterocycles. The highest BCUT2D eigenvalue weighted by molar-refractivity contribution is 5.92. The van der Waals surface area contributed by atoms with E-state index in [2.05, 4.69) is 13.2 Å². The van der Waals surface area contributed by atoms with Gasteiger partial charge in [0.05, 0.1) is 0 Å². The molecule has 0 heterocycles. The van der Waals surface area contributed by atoms with Gasteiger partial charge >= 0.3 is 5.97 Å². The van der Waals surface area contributed by atoms with E-state index >= 15 is 0 Å². The normalized spacial score (nSPS) is 10.1. The second-order valence-corrected chi connectivity index (χ2v) is 6.25. The molecule has 0 radical (unpaired) electrons. The highest BCUT2D eigenvalue weighted by Gasteiger charge is 2.14. The Labute approximate surface area is 165 Å². The fourth-order valence-electron chi connectivity index (χ4n) is 2.65. The van der Waals surface area contributed by atoms with E-state index < -0.39 is 5.97 Å². The fourth-order valence-corrected chi connectivity index (χ4v) is 2.65. The second kappa shape index (κ2) is 9.38. The minimum atomic E-state index is -0.412. The van der Waals surface area contributed by atoms with E-state index in [9.17, 15) is 4.79 Å². The Balaban J connectivity index is 1.63. The van der Waals surface area contributed by atoms with Crippen LogP contribution in [0.25, 0.3) is 12.2 Å². The number of para-hydroxylation sites is 1. The first-order valence-electron chi connectivity index (χ1n) is 9.01. The predicted octanol–water partition coefficient (Wildman–Crippen LogP) is 5.91. The van der Waals surface area contributed by atoms with E-state index in [1.807, 2.05) is 54.6 Å². The molecular formula is C25H22O3. The summed E-state index contributed by atoms with van der Waals surface area (Å²) >= 11 is 0. The molecule has 3 aromatic carbocycles. The Morgan fingerprint density at radius 2 is 1.29 bits per heavy atom. The number of carbonyl (C=O) groups is 1. The van der Waals surface area contributed by atoms with Crippen LogP contribution >= 0.6 is 0 Å². The first-order chi connectivity index (χ1) is 13.7. The first kappa shape index (κ1) is 19.2. The number of hydrogen-bond acceptors (Lipinski definition) is 3. The van der Waals surface area contributed by atoms with Crippen LogP contribution in [-0.4, -0.2) is 5.97 Å². The summed E-state index contributed by atoms with van der Waals surface area (Å²) < 4.78 is 11.3. The monoisotopic (exact) mass is 370 g/mol. The number of benzene rings is 3. The number of esters is 1. The van der Waals surface area contributed by atoms with Crippen molar-refractivity contribution in [2.24, 2.45) is 0 Å². The van der Waals surface area contributed by atoms with Gasteiger partial charge in [0, 0.05) is 0 Å². The van der Waals surface area contributed by atoms with Crippen LogP contribution in [0.3, 0.4) is 0 Å². The molecule has 140 valence electrons. The van der Waals surface area contributed by atoms with Crippen molar-refractivity contribution in [2.45, 2.75) is 13.2 Å². The van der Waals surface area contributed by atoms with Crippen LogP contribution in [0.5, 0.6) is 5.75 Å². The maximum atomic E-state index is 12.5. The lowest BCUT2D eigenvalue weighted by Gasteiger charge is -2.12. The number of carbonyl (C=O) groups excluding carboxylic acids is 1. The molecule has 3 rings (SSSR count). The van der Waals surface area contributed by atoms with Gasteiger partial charge in [-0.2, -0.15) is 0 Å². The van der Waals surface area contributed by atoms with Gasteiger partial charge in [-0.1, -0.05) is 86.0 Å². The number of rotatable bonds is 8. The van der Waals surface area contributed by atoms with Gasteiger partial charge in [-0.3, -0.25) is 0 Å². The highest BCUT2D eigenvalue weighted by Crippen LogP contribution is 2.21. The van der Waals surface area contributed by atoms with Crippen LogP contribution in [0.15, 0.2) is 86.0 Å². The summed E-state index contributed by atoms with van der Waals surface area (Å²) in [6.07, 6.45) is 3.56. The van der Waals surface area contributed by atoms with Crippen molar-refractivity contribution >= 4 is 18.1 Å². The maximum absolute atomic E-state index is 12.5. The number of hydrogen-bond donors (Lipinski definition) is 0. The van der Waals surface area contributed by atoms with Crippen molar-refractivity contribution < 1.29 is 14.3 Å². The summed E-state index contributed by atoms with van der Waals surface area (Å²) in [7, 11) is 0. The van der Waals surface area contributed by atoms with Crippen LogP contribution < -0.4 is 4.74 Å². The van der Waals surface area contributed by atoms with Crippen molar-refractivity contribution in [2.75, 3.05) is 0 Å². The van der Waals surface area contributed by atoms with Crippen molar-refractivity contribution in [1.29, 1.82) is 0 Å². The summed E-state index contributed by atoms with van der Waals surface area (Å²) in [6.45, 7) is 8.04. The van der Waals surface area contributed by atoms with Crippen LogP contribution in [-0.2, 0) is 18.0 Å². The van der Waals surface area contributed by atoms with E-state index in [4.69, 9.17) is 9.47 Å². The Bertz CT molecular complexity index is 954. The van der Waals surface area contributed by atoms with E-state index in [1.54, 1.807) is 30.4 Å². The van der Waals surface area contributed by atoms with Crippen LogP contribution in [0.2, 0.25) is 0 Å². The molecule has 0 bridgehead atoms.